The van der Waals surface area contributed by atoms with Crippen molar-refractivity contribution < 1.29 is 9.53 Å². The molecule has 0 aliphatic heterocycles. The summed E-state index contributed by atoms with van der Waals surface area (Å²) in [5.74, 6) is 0.604. The predicted molar refractivity (Wildman–Crippen MR) is 98.2 cm³/mol. The van der Waals surface area contributed by atoms with Crippen LogP contribution >= 0.6 is 0 Å². The summed E-state index contributed by atoms with van der Waals surface area (Å²) in [6.07, 6.45) is 5.15. The van der Waals surface area contributed by atoms with Gasteiger partial charge in [0.2, 0.25) is 0 Å². The van der Waals surface area contributed by atoms with Crippen molar-refractivity contribution in [1.29, 1.82) is 0 Å². The number of carbonyl (C=O) groups is 1. The molecule has 4 rings (SSSR count). The van der Waals surface area contributed by atoms with Gasteiger partial charge in [-0.15, -0.1) is 0 Å². The predicted octanol–water partition coefficient (Wildman–Crippen LogP) is 4.08. The number of nitrogens with zero attached hydrogens (tertiary/aromatic N) is 2. The van der Waals surface area contributed by atoms with Gasteiger partial charge >= 0.3 is 12.0 Å². The number of anilines is 1. The number of hydrogen-bond acceptors (Lipinski definition) is 4. The number of amides is 2. The van der Waals surface area contributed by atoms with Gasteiger partial charge in [0, 0.05) is 18.1 Å². The van der Waals surface area contributed by atoms with Crippen LogP contribution in [-0.4, -0.2) is 16.0 Å². The van der Waals surface area contributed by atoms with Crippen molar-refractivity contribution in [3.8, 4) is 11.8 Å². The molecule has 1 heterocycles. The Morgan fingerprint density at radius 3 is 2.58 bits per heavy atom. The van der Waals surface area contributed by atoms with Gasteiger partial charge in [0.25, 0.3) is 0 Å². The average molecular weight is 346 g/mol. The summed E-state index contributed by atoms with van der Waals surface area (Å²) in [5, 5.41) is 5.89. The summed E-state index contributed by atoms with van der Waals surface area (Å²) in [4.78, 5) is 20.3. The van der Waals surface area contributed by atoms with Crippen LogP contribution in [0, 0.1) is 0 Å². The molecule has 0 radical (unpaired) electrons. The van der Waals surface area contributed by atoms with Crippen LogP contribution < -0.4 is 15.4 Å². The van der Waals surface area contributed by atoms with E-state index in [-0.39, 0.29) is 18.1 Å². The number of hydrogen-bond donors (Lipinski definition) is 2. The number of aromatic nitrogens is 2. The molecular formula is C20H18N4O2. The zero-order valence-corrected chi connectivity index (χ0v) is 14.1. The molecular weight excluding hydrogens is 328 g/mol. The number of benzene rings is 2. The highest BCUT2D eigenvalue weighted by Crippen LogP contribution is 2.30. The Hall–Kier alpha value is -3.41. The van der Waals surface area contributed by atoms with Crippen molar-refractivity contribution in [2.24, 2.45) is 0 Å². The molecule has 1 unspecified atom stereocenters. The minimum absolute atomic E-state index is 0.0593. The van der Waals surface area contributed by atoms with Gasteiger partial charge in [0.15, 0.2) is 0 Å². The van der Waals surface area contributed by atoms with Gasteiger partial charge in [0.05, 0.1) is 6.04 Å². The second kappa shape index (κ2) is 7.23. The van der Waals surface area contributed by atoms with E-state index in [2.05, 4.69) is 32.7 Å². The summed E-state index contributed by atoms with van der Waals surface area (Å²) in [6, 6.07) is 17.2. The molecule has 2 N–H and O–H groups in total. The smallest absolute Gasteiger partial charge is 0.321 e. The van der Waals surface area contributed by atoms with Crippen LogP contribution in [0.5, 0.6) is 11.8 Å². The molecule has 0 saturated carbocycles. The summed E-state index contributed by atoms with van der Waals surface area (Å²) < 4.78 is 5.53. The fourth-order valence-electron chi connectivity index (χ4n) is 3.08. The Balaban J connectivity index is 1.35. The van der Waals surface area contributed by atoms with Gasteiger partial charge in [-0.2, -0.15) is 0 Å². The van der Waals surface area contributed by atoms with Crippen LogP contribution in [-0.2, 0) is 6.42 Å². The molecule has 6 nitrogen and oxygen atoms in total. The van der Waals surface area contributed by atoms with E-state index in [0.29, 0.717) is 11.4 Å². The minimum Gasteiger partial charge on any atom is -0.424 e. The molecule has 1 aliphatic rings. The number of aryl methyl sites for hydroxylation is 1. The molecule has 0 bridgehead atoms. The van der Waals surface area contributed by atoms with Crippen LogP contribution in [0.2, 0.25) is 0 Å². The summed E-state index contributed by atoms with van der Waals surface area (Å²) in [6.45, 7) is 0. The van der Waals surface area contributed by atoms with Crippen molar-refractivity contribution >= 4 is 11.7 Å². The first-order chi connectivity index (χ1) is 12.8. The molecule has 2 amide bonds. The minimum atomic E-state index is -0.216. The largest absolute Gasteiger partial charge is 0.424 e. The van der Waals surface area contributed by atoms with Crippen molar-refractivity contribution in [3.63, 3.8) is 0 Å². The van der Waals surface area contributed by atoms with Crippen LogP contribution in [0.1, 0.15) is 23.6 Å². The topological polar surface area (TPSA) is 76.1 Å². The molecule has 0 saturated heterocycles. The number of ether oxygens (including phenoxy) is 1. The normalized spacial score (nSPS) is 15.2. The van der Waals surface area contributed by atoms with Crippen LogP contribution in [0.25, 0.3) is 0 Å². The van der Waals surface area contributed by atoms with Crippen LogP contribution in [0.3, 0.4) is 0 Å². The van der Waals surface area contributed by atoms with Gasteiger partial charge in [-0.25, -0.2) is 14.8 Å². The highest BCUT2D eigenvalue weighted by molar-refractivity contribution is 5.89. The molecule has 1 aliphatic carbocycles. The van der Waals surface area contributed by atoms with E-state index in [4.69, 9.17) is 4.74 Å². The molecule has 1 aromatic heterocycles. The molecule has 0 fully saturated rings. The number of urea groups is 1. The Labute approximate surface area is 151 Å². The highest BCUT2D eigenvalue weighted by atomic mass is 16.5. The second-order valence-corrected chi connectivity index (χ2v) is 6.05. The van der Waals surface area contributed by atoms with Crippen molar-refractivity contribution in [3.05, 3.63) is 78.1 Å². The lowest BCUT2D eigenvalue weighted by Gasteiger charge is -2.15. The number of carbonyl (C=O) groups excluding carboxylic acids is 1. The fourth-order valence-corrected chi connectivity index (χ4v) is 3.08. The Morgan fingerprint density at radius 1 is 1.00 bits per heavy atom. The first-order valence-corrected chi connectivity index (χ1v) is 8.48. The molecule has 0 spiro atoms. The zero-order valence-electron chi connectivity index (χ0n) is 14.1. The molecule has 1 atom stereocenters. The summed E-state index contributed by atoms with van der Waals surface area (Å²) in [7, 11) is 0. The number of rotatable bonds is 4. The Bertz CT molecular complexity index is 897. The molecule has 2 aromatic carbocycles. The lowest BCUT2D eigenvalue weighted by atomic mass is 10.1. The van der Waals surface area contributed by atoms with Gasteiger partial charge in [-0.05, 0) is 54.3 Å². The van der Waals surface area contributed by atoms with E-state index in [1.165, 1.54) is 11.1 Å². The van der Waals surface area contributed by atoms with E-state index in [0.717, 1.165) is 12.8 Å². The third kappa shape index (κ3) is 3.64. The first-order valence-electron chi connectivity index (χ1n) is 8.48. The Kier molecular flexibility index (Phi) is 4.47. The lowest BCUT2D eigenvalue weighted by molar-refractivity contribution is 0.248. The second-order valence-electron chi connectivity index (χ2n) is 6.05. The summed E-state index contributed by atoms with van der Waals surface area (Å²) >= 11 is 0. The maximum Gasteiger partial charge on any atom is 0.321 e. The summed E-state index contributed by atoms with van der Waals surface area (Å²) in [5.41, 5.74) is 3.20. The molecule has 3 aromatic rings. The zero-order chi connectivity index (χ0) is 17.8. The first kappa shape index (κ1) is 16.1. The van der Waals surface area contributed by atoms with Crippen LogP contribution in [0.4, 0.5) is 10.5 Å². The van der Waals surface area contributed by atoms with Crippen molar-refractivity contribution in [2.75, 3.05) is 5.32 Å². The molecule has 130 valence electrons. The Morgan fingerprint density at radius 2 is 1.77 bits per heavy atom. The number of nitrogens with one attached hydrogen (secondary N) is 2. The monoisotopic (exact) mass is 346 g/mol. The standard InChI is InChI=1S/C20H18N4O2/c25-19(24-18-11-6-14-4-1-2-5-17(14)18)23-15-7-9-16(10-8-15)26-20-21-12-3-13-22-20/h1-5,7-10,12-13,18H,6,11H2,(H2,23,24,25). The third-order valence-corrected chi connectivity index (χ3v) is 4.30. The van der Waals surface area contributed by atoms with E-state index in [1.54, 1.807) is 42.7 Å². The van der Waals surface area contributed by atoms with Gasteiger partial charge in [-0.1, -0.05) is 24.3 Å². The highest BCUT2D eigenvalue weighted by Gasteiger charge is 2.23. The van der Waals surface area contributed by atoms with Crippen LogP contribution in [0.15, 0.2) is 67.0 Å². The fraction of sp³-hybridized carbons (Fsp3) is 0.150. The quantitative estimate of drug-likeness (QED) is 0.746. The van der Waals surface area contributed by atoms with E-state index >= 15 is 0 Å². The van der Waals surface area contributed by atoms with Gasteiger partial charge in [-0.3, -0.25) is 0 Å². The lowest BCUT2D eigenvalue weighted by Crippen LogP contribution is -2.31. The number of fused-ring (bicyclic) bond motifs is 1. The molecule has 26 heavy (non-hydrogen) atoms. The van der Waals surface area contributed by atoms with Gasteiger partial charge in [0.1, 0.15) is 5.75 Å². The van der Waals surface area contributed by atoms with Crippen molar-refractivity contribution in [1.82, 2.24) is 15.3 Å². The van der Waals surface area contributed by atoms with Gasteiger partial charge < -0.3 is 15.4 Å². The van der Waals surface area contributed by atoms with E-state index in [9.17, 15) is 4.79 Å². The van der Waals surface area contributed by atoms with Crippen molar-refractivity contribution in [2.45, 2.75) is 18.9 Å². The van der Waals surface area contributed by atoms with E-state index < -0.39 is 0 Å². The average Bonchev–Trinajstić information content (AvgIpc) is 3.07. The third-order valence-electron chi connectivity index (χ3n) is 4.30. The maximum atomic E-state index is 12.3. The van der Waals surface area contributed by atoms with E-state index in [1.807, 2.05) is 12.1 Å². The maximum absolute atomic E-state index is 12.3. The SMILES string of the molecule is O=C(Nc1ccc(Oc2ncccn2)cc1)NC1CCc2ccccc21. The molecule has 6 heteroatoms.